The Labute approximate surface area is 82.2 Å². The highest BCUT2D eigenvalue weighted by Crippen LogP contribution is 2.22. The maximum absolute atomic E-state index is 8.96. The van der Waals surface area contributed by atoms with Crippen LogP contribution >= 0.6 is 0 Å². The molecule has 0 radical (unpaired) electrons. The summed E-state index contributed by atoms with van der Waals surface area (Å²) in [6.07, 6.45) is 5.36. The third-order valence-corrected chi connectivity index (χ3v) is 2.15. The Kier molecular flexibility index (Phi) is 2.04. The van der Waals surface area contributed by atoms with E-state index < -0.39 is 0 Å². The average Bonchev–Trinajstić information content (AvgIpc) is 2.61. The van der Waals surface area contributed by atoms with E-state index in [0.29, 0.717) is 5.69 Å². The molecular weight excluding hydrogens is 174 g/mol. The molecule has 0 aliphatic rings. The van der Waals surface area contributed by atoms with Crippen molar-refractivity contribution in [3.63, 3.8) is 0 Å². The van der Waals surface area contributed by atoms with Crippen LogP contribution in [0.15, 0.2) is 36.8 Å². The molecule has 0 amide bonds. The van der Waals surface area contributed by atoms with Gasteiger partial charge in [-0.05, 0) is 12.1 Å². The molecule has 0 aromatic carbocycles. The van der Waals surface area contributed by atoms with E-state index in [-0.39, 0.29) is 0 Å². The summed E-state index contributed by atoms with van der Waals surface area (Å²) in [6.45, 7) is 0. The van der Waals surface area contributed by atoms with Crippen molar-refractivity contribution in [2.45, 2.75) is 0 Å². The van der Waals surface area contributed by atoms with Crippen LogP contribution in [0, 0.1) is 11.3 Å². The summed E-state index contributed by atoms with van der Waals surface area (Å²) in [6, 6.07) is 7.92. The van der Waals surface area contributed by atoms with E-state index in [1.807, 2.05) is 36.0 Å². The summed E-state index contributed by atoms with van der Waals surface area (Å²) >= 11 is 0. The SMILES string of the molecule is Cn1ccc(-c2cccnc2)c1C#N. The van der Waals surface area contributed by atoms with Gasteiger partial charge in [-0.3, -0.25) is 4.98 Å². The number of pyridine rings is 1. The van der Waals surface area contributed by atoms with Crippen molar-refractivity contribution in [3.8, 4) is 17.2 Å². The van der Waals surface area contributed by atoms with Crippen molar-refractivity contribution < 1.29 is 0 Å². The molecule has 0 saturated heterocycles. The zero-order valence-electron chi connectivity index (χ0n) is 7.81. The molecule has 3 heteroatoms. The third kappa shape index (κ3) is 1.27. The standard InChI is InChI=1S/C11H9N3/c1-14-6-4-10(11(14)7-12)9-3-2-5-13-8-9/h2-6,8H,1H3. The Balaban J connectivity index is 2.59. The molecule has 0 unspecified atom stereocenters. The van der Waals surface area contributed by atoms with Crippen molar-refractivity contribution in [1.82, 2.24) is 9.55 Å². The minimum atomic E-state index is 0.665. The topological polar surface area (TPSA) is 41.6 Å². The average molecular weight is 183 g/mol. The molecule has 0 aliphatic heterocycles. The number of nitrogens with zero attached hydrogens (tertiary/aromatic N) is 3. The molecule has 0 bridgehead atoms. The van der Waals surface area contributed by atoms with Gasteiger partial charge in [-0.1, -0.05) is 6.07 Å². The van der Waals surface area contributed by atoms with Crippen molar-refractivity contribution >= 4 is 0 Å². The Bertz CT molecular complexity index is 477. The number of aromatic nitrogens is 2. The fourth-order valence-corrected chi connectivity index (χ4v) is 1.42. The van der Waals surface area contributed by atoms with Gasteiger partial charge in [-0.2, -0.15) is 5.26 Å². The maximum Gasteiger partial charge on any atom is 0.127 e. The van der Waals surface area contributed by atoms with Crippen LogP contribution in [-0.4, -0.2) is 9.55 Å². The molecule has 0 N–H and O–H groups in total. The van der Waals surface area contributed by atoms with E-state index in [0.717, 1.165) is 11.1 Å². The van der Waals surface area contributed by atoms with Gasteiger partial charge in [0.1, 0.15) is 11.8 Å². The van der Waals surface area contributed by atoms with Gasteiger partial charge in [0, 0.05) is 36.8 Å². The highest BCUT2D eigenvalue weighted by atomic mass is 14.9. The molecule has 0 fully saturated rings. The van der Waals surface area contributed by atoms with Crippen LogP contribution in [0.4, 0.5) is 0 Å². The lowest BCUT2D eigenvalue weighted by Crippen LogP contribution is -1.90. The molecule has 2 heterocycles. The Morgan fingerprint density at radius 3 is 2.93 bits per heavy atom. The molecule has 2 aromatic rings. The summed E-state index contributed by atoms with van der Waals surface area (Å²) in [5.41, 5.74) is 2.57. The van der Waals surface area contributed by atoms with Crippen LogP contribution in [0.1, 0.15) is 5.69 Å². The fourth-order valence-electron chi connectivity index (χ4n) is 1.42. The number of hydrogen-bond donors (Lipinski definition) is 0. The van der Waals surface area contributed by atoms with Crippen LogP contribution in [0.2, 0.25) is 0 Å². The maximum atomic E-state index is 8.96. The first-order valence-electron chi connectivity index (χ1n) is 4.29. The van der Waals surface area contributed by atoms with Crippen molar-refractivity contribution in [1.29, 1.82) is 5.26 Å². The van der Waals surface area contributed by atoms with Crippen molar-refractivity contribution in [2.75, 3.05) is 0 Å². The molecule has 2 aromatic heterocycles. The first-order valence-corrected chi connectivity index (χ1v) is 4.29. The van der Waals surface area contributed by atoms with Gasteiger partial charge in [0.25, 0.3) is 0 Å². The minimum absolute atomic E-state index is 0.665. The molecule has 0 spiro atoms. The smallest absolute Gasteiger partial charge is 0.127 e. The van der Waals surface area contributed by atoms with E-state index in [1.165, 1.54) is 0 Å². The van der Waals surface area contributed by atoms with Gasteiger partial charge in [0.05, 0.1) is 0 Å². The lowest BCUT2D eigenvalue weighted by atomic mass is 10.1. The van der Waals surface area contributed by atoms with Crippen LogP contribution in [0.25, 0.3) is 11.1 Å². The second-order valence-corrected chi connectivity index (χ2v) is 3.04. The van der Waals surface area contributed by atoms with E-state index >= 15 is 0 Å². The summed E-state index contributed by atoms with van der Waals surface area (Å²) in [7, 11) is 1.86. The molecule has 2 rings (SSSR count). The number of nitriles is 1. The molecule has 68 valence electrons. The van der Waals surface area contributed by atoms with E-state index in [2.05, 4.69) is 11.1 Å². The van der Waals surface area contributed by atoms with Crippen LogP contribution in [-0.2, 0) is 7.05 Å². The lowest BCUT2D eigenvalue weighted by molar-refractivity contribution is 0.909. The van der Waals surface area contributed by atoms with E-state index in [9.17, 15) is 0 Å². The van der Waals surface area contributed by atoms with E-state index in [1.54, 1.807) is 12.4 Å². The zero-order valence-corrected chi connectivity index (χ0v) is 7.81. The normalized spacial score (nSPS) is 9.71. The number of hydrogen-bond acceptors (Lipinski definition) is 2. The molecule has 0 aliphatic carbocycles. The predicted molar refractivity (Wildman–Crippen MR) is 53.4 cm³/mol. The van der Waals surface area contributed by atoms with Crippen molar-refractivity contribution in [2.24, 2.45) is 7.05 Å². The van der Waals surface area contributed by atoms with E-state index in [4.69, 9.17) is 5.26 Å². The van der Waals surface area contributed by atoms with Crippen LogP contribution in [0.5, 0.6) is 0 Å². The largest absolute Gasteiger partial charge is 0.342 e. The molecule has 0 saturated carbocycles. The number of aryl methyl sites for hydroxylation is 1. The Hall–Kier alpha value is -2.08. The Morgan fingerprint density at radius 2 is 2.29 bits per heavy atom. The first kappa shape index (κ1) is 8.52. The highest BCUT2D eigenvalue weighted by molar-refractivity contribution is 5.68. The fraction of sp³-hybridized carbons (Fsp3) is 0.0909. The zero-order chi connectivity index (χ0) is 9.97. The van der Waals surface area contributed by atoms with Gasteiger partial charge in [-0.15, -0.1) is 0 Å². The summed E-state index contributed by atoms with van der Waals surface area (Å²) in [5, 5.41) is 8.96. The van der Waals surface area contributed by atoms with Gasteiger partial charge < -0.3 is 4.57 Å². The monoisotopic (exact) mass is 183 g/mol. The van der Waals surface area contributed by atoms with Gasteiger partial charge in [0.15, 0.2) is 0 Å². The van der Waals surface area contributed by atoms with Crippen LogP contribution in [0.3, 0.4) is 0 Å². The quantitative estimate of drug-likeness (QED) is 0.678. The minimum Gasteiger partial charge on any atom is -0.342 e. The second-order valence-electron chi connectivity index (χ2n) is 3.04. The summed E-state index contributed by atoms with van der Waals surface area (Å²) in [4.78, 5) is 4.03. The van der Waals surface area contributed by atoms with Gasteiger partial charge >= 0.3 is 0 Å². The highest BCUT2D eigenvalue weighted by Gasteiger charge is 2.07. The van der Waals surface area contributed by atoms with Crippen LogP contribution < -0.4 is 0 Å². The molecular formula is C11H9N3. The second kappa shape index (κ2) is 3.35. The van der Waals surface area contributed by atoms with Gasteiger partial charge in [-0.25, -0.2) is 0 Å². The number of rotatable bonds is 1. The Morgan fingerprint density at radius 1 is 1.43 bits per heavy atom. The third-order valence-electron chi connectivity index (χ3n) is 2.15. The van der Waals surface area contributed by atoms with Gasteiger partial charge in [0.2, 0.25) is 0 Å². The molecule has 3 nitrogen and oxygen atoms in total. The predicted octanol–water partition coefficient (Wildman–Crippen LogP) is 1.96. The first-order chi connectivity index (χ1) is 6.83. The summed E-state index contributed by atoms with van der Waals surface area (Å²) in [5.74, 6) is 0. The molecule has 0 atom stereocenters. The van der Waals surface area contributed by atoms with Crippen molar-refractivity contribution in [3.05, 3.63) is 42.5 Å². The summed E-state index contributed by atoms with van der Waals surface area (Å²) < 4.78 is 1.81. The lowest BCUT2D eigenvalue weighted by Gasteiger charge is -1.98. The molecule has 14 heavy (non-hydrogen) atoms.